The lowest BCUT2D eigenvalue weighted by Crippen LogP contribution is -2.58. The van der Waals surface area contributed by atoms with E-state index in [2.05, 4.69) is 21.1 Å². The Kier molecular flexibility index (Phi) is 13.8. The number of methoxy groups -OCH3 is 1. The Hall–Kier alpha value is -3.85. The SMILES string of the molecule is COCCCN1CCOc2ccc(COC3CNCC(OC(=O)OCCCO[N+](=O)[O-])C3OC3CCC(Oc4ccccc4)CC3)cc21. The maximum absolute atomic E-state index is 12.6. The summed E-state index contributed by atoms with van der Waals surface area (Å²) >= 11 is 0. The number of rotatable bonds is 17. The van der Waals surface area contributed by atoms with Gasteiger partial charge in [-0.1, -0.05) is 24.3 Å². The molecule has 0 radical (unpaired) electrons. The average molecular weight is 674 g/mol. The highest BCUT2D eigenvalue weighted by atomic mass is 16.9. The van der Waals surface area contributed by atoms with E-state index in [9.17, 15) is 14.9 Å². The zero-order chi connectivity index (χ0) is 33.6. The van der Waals surface area contributed by atoms with Gasteiger partial charge in [-0.05, 0) is 61.9 Å². The van der Waals surface area contributed by atoms with Gasteiger partial charge in [-0.25, -0.2) is 4.79 Å². The van der Waals surface area contributed by atoms with Crippen molar-refractivity contribution in [3.63, 3.8) is 0 Å². The van der Waals surface area contributed by atoms with Crippen LogP contribution in [0.25, 0.3) is 0 Å². The van der Waals surface area contributed by atoms with Crippen molar-refractivity contribution < 1.29 is 47.9 Å². The second kappa shape index (κ2) is 18.6. The lowest BCUT2D eigenvalue weighted by Gasteiger charge is -2.40. The third-order valence-electron chi connectivity index (χ3n) is 8.62. The van der Waals surface area contributed by atoms with Crippen LogP contribution in [0.2, 0.25) is 0 Å². The van der Waals surface area contributed by atoms with E-state index >= 15 is 0 Å². The van der Waals surface area contributed by atoms with Crippen molar-refractivity contribution in [3.05, 3.63) is 64.2 Å². The molecule has 3 aliphatic rings. The van der Waals surface area contributed by atoms with Gasteiger partial charge in [0.05, 0.1) is 44.3 Å². The molecule has 0 bridgehead atoms. The monoisotopic (exact) mass is 673 g/mol. The molecular formula is C34H47N3O11. The number of carbonyl (C=O) groups excluding carboxylic acids is 1. The number of para-hydroxylation sites is 1. The lowest BCUT2D eigenvalue weighted by molar-refractivity contribution is -0.757. The molecule has 0 aromatic heterocycles. The van der Waals surface area contributed by atoms with Gasteiger partial charge in [0.1, 0.15) is 36.4 Å². The van der Waals surface area contributed by atoms with E-state index < -0.39 is 29.6 Å². The zero-order valence-electron chi connectivity index (χ0n) is 27.5. The summed E-state index contributed by atoms with van der Waals surface area (Å²) in [6, 6.07) is 15.9. The number of fused-ring (bicyclic) bond motifs is 1. The highest BCUT2D eigenvalue weighted by molar-refractivity contribution is 5.61. The molecule has 5 rings (SSSR count). The molecule has 2 aromatic rings. The Morgan fingerprint density at radius 3 is 2.58 bits per heavy atom. The van der Waals surface area contributed by atoms with Gasteiger partial charge in [-0.2, -0.15) is 0 Å². The molecule has 2 aliphatic heterocycles. The highest BCUT2D eigenvalue weighted by Gasteiger charge is 2.40. The van der Waals surface area contributed by atoms with Crippen LogP contribution in [-0.4, -0.2) is 101 Å². The number of carbonyl (C=O) groups is 1. The Bertz CT molecular complexity index is 1280. The fourth-order valence-corrected chi connectivity index (χ4v) is 6.23. The van der Waals surface area contributed by atoms with E-state index in [1.165, 1.54) is 0 Å². The molecule has 1 aliphatic carbocycles. The summed E-state index contributed by atoms with van der Waals surface area (Å²) in [6.07, 6.45) is 1.91. The molecule has 2 aromatic carbocycles. The first-order valence-electron chi connectivity index (χ1n) is 16.8. The lowest BCUT2D eigenvalue weighted by atomic mass is 9.94. The van der Waals surface area contributed by atoms with Gasteiger partial charge >= 0.3 is 6.16 Å². The van der Waals surface area contributed by atoms with Crippen LogP contribution >= 0.6 is 0 Å². The molecular weight excluding hydrogens is 626 g/mol. The van der Waals surface area contributed by atoms with Crippen molar-refractivity contribution in [3.8, 4) is 11.5 Å². The summed E-state index contributed by atoms with van der Waals surface area (Å²) in [4.78, 5) is 29.6. The van der Waals surface area contributed by atoms with Crippen LogP contribution in [0.15, 0.2) is 48.5 Å². The van der Waals surface area contributed by atoms with Gasteiger partial charge in [0.15, 0.2) is 0 Å². The van der Waals surface area contributed by atoms with E-state index in [0.717, 1.165) is 67.9 Å². The molecule has 1 saturated heterocycles. The number of hydrogen-bond acceptors (Lipinski definition) is 13. The smallest absolute Gasteiger partial charge is 0.490 e. The van der Waals surface area contributed by atoms with E-state index in [4.69, 9.17) is 33.2 Å². The quantitative estimate of drug-likeness (QED) is 0.110. The first-order chi connectivity index (χ1) is 23.5. The summed E-state index contributed by atoms with van der Waals surface area (Å²) < 4.78 is 41.4. The Balaban J connectivity index is 1.20. The topological polar surface area (TPSA) is 149 Å². The van der Waals surface area contributed by atoms with Crippen molar-refractivity contribution in [2.45, 2.75) is 75.7 Å². The standard InChI is InChI=1S/C34H47N3O11/c1-41-17-5-15-36-16-20-42-30-14-9-25(21-29(30)36)24-44-31-22-35-23-32(48-34(38)43-18-6-19-45-37(39)40)33(31)47-28-12-10-27(11-13-28)46-26-7-3-2-4-8-26/h2-4,7-9,14,21,27-28,31-33,35H,5-6,10-13,15-20,22-24H2,1H3. The van der Waals surface area contributed by atoms with Crippen LogP contribution in [0.5, 0.6) is 11.5 Å². The summed E-state index contributed by atoms with van der Waals surface area (Å²) in [5, 5.41) is 12.8. The predicted molar refractivity (Wildman–Crippen MR) is 174 cm³/mol. The van der Waals surface area contributed by atoms with Crippen molar-refractivity contribution in [1.29, 1.82) is 0 Å². The van der Waals surface area contributed by atoms with Gasteiger partial charge in [0.25, 0.3) is 5.09 Å². The zero-order valence-corrected chi connectivity index (χ0v) is 27.5. The van der Waals surface area contributed by atoms with E-state index in [1.54, 1.807) is 7.11 Å². The van der Waals surface area contributed by atoms with Crippen molar-refractivity contribution in [1.82, 2.24) is 5.32 Å². The maximum atomic E-state index is 12.6. The average Bonchev–Trinajstić information content (AvgIpc) is 3.09. The van der Waals surface area contributed by atoms with Crippen molar-refractivity contribution >= 4 is 11.8 Å². The molecule has 0 spiro atoms. The second-order valence-corrected chi connectivity index (χ2v) is 12.1. The van der Waals surface area contributed by atoms with Gasteiger partial charge in [-0.15, -0.1) is 10.1 Å². The number of piperidine rings is 1. The van der Waals surface area contributed by atoms with Crippen molar-refractivity contribution in [2.75, 3.05) is 64.6 Å². The first kappa shape index (κ1) is 35.5. The molecule has 48 heavy (non-hydrogen) atoms. The third-order valence-corrected chi connectivity index (χ3v) is 8.62. The van der Waals surface area contributed by atoms with Gasteiger partial charge in [0, 0.05) is 39.8 Å². The molecule has 3 unspecified atom stereocenters. The maximum Gasteiger partial charge on any atom is 0.508 e. The molecule has 2 heterocycles. The number of nitrogens with one attached hydrogen (secondary N) is 1. The van der Waals surface area contributed by atoms with Crippen LogP contribution < -0.4 is 19.7 Å². The Morgan fingerprint density at radius 1 is 1.00 bits per heavy atom. The predicted octanol–water partition coefficient (Wildman–Crippen LogP) is 4.31. The Labute approximate surface area is 280 Å². The minimum absolute atomic E-state index is 0.0576. The van der Waals surface area contributed by atoms with Crippen molar-refractivity contribution in [2.24, 2.45) is 0 Å². The molecule has 14 nitrogen and oxygen atoms in total. The Morgan fingerprint density at radius 2 is 1.79 bits per heavy atom. The van der Waals surface area contributed by atoms with Crippen LogP contribution in [0.1, 0.15) is 44.1 Å². The molecule has 1 saturated carbocycles. The first-order valence-corrected chi connectivity index (χ1v) is 16.8. The minimum Gasteiger partial charge on any atom is -0.490 e. The summed E-state index contributed by atoms with van der Waals surface area (Å²) in [7, 11) is 1.71. The fraction of sp³-hybridized carbons (Fsp3) is 0.618. The molecule has 1 N–H and O–H groups in total. The van der Waals surface area contributed by atoms with Gasteiger partial charge in [-0.3, -0.25) is 0 Å². The molecule has 2 fully saturated rings. The second-order valence-electron chi connectivity index (χ2n) is 12.1. The van der Waals surface area contributed by atoms with Gasteiger partial charge < -0.3 is 48.2 Å². The highest BCUT2D eigenvalue weighted by Crippen LogP contribution is 2.34. The molecule has 0 amide bonds. The number of ether oxygens (including phenoxy) is 7. The van der Waals surface area contributed by atoms with Crippen LogP contribution in [0, 0.1) is 10.1 Å². The van der Waals surface area contributed by atoms with Gasteiger partial charge in [0.2, 0.25) is 0 Å². The summed E-state index contributed by atoms with van der Waals surface area (Å²) in [5.41, 5.74) is 2.03. The number of hydrogen-bond donors (Lipinski definition) is 1. The van der Waals surface area contributed by atoms with Crippen LogP contribution in [0.3, 0.4) is 0 Å². The molecule has 14 heteroatoms. The van der Waals surface area contributed by atoms with E-state index in [1.807, 2.05) is 42.5 Å². The van der Waals surface area contributed by atoms with E-state index in [0.29, 0.717) is 32.9 Å². The fourth-order valence-electron chi connectivity index (χ4n) is 6.23. The summed E-state index contributed by atoms with van der Waals surface area (Å²) in [5.74, 6) is 1.71. The van der Waals surface area contributed by atoms with Crippen LogP contribution in [0.4, 0.5) is 10.5 Å². The largest absolute Gasteiger partial charge is 0.508 e. The molecule has 264 valence electrons. The third kappa shape index (κ3) is 10.8. The number of anilines is 1. The normalized spacial score (nSPS) is 23.8. The minimum atomic E-state index is -0.883. The van der Waals surface area contributed by atoms with E-state index in [-0.39, 0.29) is 31.8 Å². The van der Waals surface area contributed by atoms with Crippen LogP contribution in [-0.2, 0) is 35.1 Å². The molecule has 3 atom stereocenters. The number of nitrogens with zero attached hydrogens (tertiary/aromatic N) is 2. The summed E-state index contributed by atoms with van der Waals surface area (Å²) in [6.45, 7) is 3.96. The number of benzene rings is 2.